The van der Waals surface area contributed by atoms with E-state index in [9.17, 15) is 23.1 Å². The first-order valence-electron chi connectivity index (χ1n) is 6.73. The molecule has 1 saturated carbocycles. The number of hydrogen-bond acceptors (Lipinski definition) is 2. The molecule has 1 N–H and O–H groups in total. The molecule has 0 unspecified atom stereocenters. The van der Waals surface area contributed by atoms with E-state index >= 15 is 0 Å². The average Bonchev–Trinajstić information content (AvgIpc) is 2.50. The summed E-state index contributed by atoms with van der Waals surface area (Å²) in [4.78, 5) is 11.3. The number of carboxylic acids is 1. The van der Waals surface area contributed by atoms with Crippen molar-refractivity contribution in [3.05, 3.63) is 17.0 Å². The Bertz CT molecular complexity index is 580. The molecule has 2 rings (SSSR count). The maximum Gasteiger partial charge on any atom is 0.354 e. The van der Waals surface area contributed by atoms with Crippen LogP contribution in [0.15, 0.2) is 0 Å². The monoisotopic (exact) mass is 304 g/mol. The largest absolute Gasteiger partial charge is 0.477 e. The third-order valence-electron chi connectivity index (χ3n) is 3.93. The Balaban J connectivity index is 2.38. The zero-order valence-electron chi connectivity index (χ0n) is 12.5. The molecule has 1 aliphatic carbocycles. The van der Waals surface area contributed by atoms with Crippen LogP contribution in [0.1, 0.15) is 55.4 Å². The first-order chi connectivity index (χ1) is 9.35. The molecule has 0 atom stereocenters. The lowest BCUT2D eigenvalue weighted by molar-refractivity contribution is -0.0551. The topological polar surface area (TPSA) is 55.1 Å². The van der Waals surface area contributed by atoms with Gasteiger partial charge in [-0.05, 0) is 32.1 Å². The van der Waals surface area contributed by atoms with Crippen molar-refractivity contribution in [2.75, 3.05) is 0 Å². The van der Waals surface area contributed by atoms with Gasteiger partial charge in [0.05, 0.1) is 0 Å². The molecule has 118 valence electrons. The van der Waals surface area contributed by atoms with Crippen LogP contribution in [0, 0.1) is 12.3 Å². The third-order valence-corrected chi connectivity index (χ3v) is 3.93. The van der Waals surface area contributed by atoms with Gasteiger partial charge in [0.15, 0.2) is 0 Å². The molecular weight excluding hydrogens is 285 g/mol. The summed E-state index contributed by atoms with van der Waals surface area (Å²) in [5.41, 5.74) is -2.57. The Kier molecular flexibility index (Phi) is 3.38. The normalized spacial score (nSPS) is 29.3. The van der Waals surface area contributed by atoms with Gasteiger partial charge >= 0.3 is 5.97 Å². The molecule has 1 aromatic heterocycles. The van der Waals surface area contributed by atoms with Gasteiger partial charge in [-0.25, -0.2) is 9.18 Å². The molecule has 0 aromatic carbocycles. The molecule has 1 aliphatic rings. The van der Waals surface area contributed by atoms with E-state index in [4.69, 9.17) is 0 Å². The summed E-state index contributed by atoms with van der Waals surface area (Å²) in [5.74, 6) is -4.52. The number of aromatic nitrogens is 2. The van der Waals surface area contributed by atoms with Gasteiger partial charge in [0.25, 0.3) is 5.92 Å². The summed E-state index contributed by atoms with van der Waals surface area (Å²) in [6.45, 7) is 5.41. The molecule has 0 bridgehead atoms. The SMILES string of the molecule is Cc1c(C(C)(F)F)nn(CC2(C)CC(C)(F)C2)c1C(=O)O. The van der Waals surface area contributed by atoms with Crippen molar-refractivity contribution in [3.63, 3.8) is 0 Å². The Hall–Kier alpha value is -1.53. The number of carbonyl (C=O) groups is 1. The summed E-state index contributed by atoms with van der Waals surface area (Å²) in [6.07, 6.45) is 0.519. The summed E-state index contributed by atoms with van der Waals surface area (Å²) in [7, 11) is 0. The fourth-order valence-electron chi connectivity index (χ4n) is 3.56. The summed E-state index contributed by atoms with van der Waals surface area (Å²) in [6, 6.07) is 0. The molecule has 1 heterocycles. The molecule has 21 heavy (non-hydrogen) atoms. The van der Waals surface area contributed by atoms with Crippen LogP contribution in [0.5, 0.6) is 0 Å². The lowest BCUT2D eigenvalue weighted by Crippen LogP contribution is -2.47. The van der Waals surface area contributed by atoms with Crippen LogP contribution in [0.25, 0.3) is 0 Å². The Morgan fingerprint density at radius 2 is 1.95 bits per heavy atom. The fourth-order valence-corrected chi connectivity index (χ4v) is 3.56. The summed E-state index contributed by atoms with van der Waals surface area (Å²) < 4.78 is 41.7. The molecule has 7 heteroatoms. The predicted molar refractivity (Wildman–Crippen MR) is 70.3 cm³/mol. The van der Waals surface area contributed by atoms with Crippen LogP contribution in [0.4, 0.5) is 13.2 Å². The molecule has 0 radical (unpaired) electrons. The van der Waals surface area contributed by atoms with Crippen molar-refractivity contribution in [1.82, 2.24) is 9.78 Å². The van der Waals surface area contributed by atoms with Gasteiger partial charge in [-0.15, -0.1) is 0 Å². The van der Waals surface area contributed by atoms with Gasteiger partial charge in [-0.2, -0.15) is 13.9 Å². The molecule has 0 saturated heterocycles. The van der Waals surface area contributed by atoms with Crippen LogP contribution in [-0.2, 0) is 12.5 Å². The predicted octanol–water partition coefficient (Wildman–Crippen LogP) is 3.53. The lowest BCUT2D eigenvalue weighted by Gasteiger charge is -2.48. The number of aromatic carboxylic acids is 1. The molecule has 1 aromatic rings. The Morgan fingerprint density at radius 1 is 1.43 bits per heavy atom. The fraction of sp³-hybridized carbons (Fsp3) is 0.714. The number of carboxylic acid groups (broad SMARTS) is 1. The maximum atomic E-state index is 13.7. The van der Waals surface area contributed by atoms with E-state index in [1.54, 1.807) is 6.92 Å². The Morgan fingerprint density at radius 3 is 2.33 bits per heavy atom. The van der Waals surface area contributed by atoms with Crippen molar-refractivity contribution in [3.8, 4) is 0 Å². The minimum absolute atomic E-state index is 0.0408. The maximum absolute atomic E-state index is 13.7. The van der Waals surface area contributed by atoms with Crippen molar-refractivity contribution < 1.29 is 23.1 Å². The zero-order chi connectivity index (χ0) is 16.2. The lowest BCUT2D eigenvalue weighted by atomic mass is 9.62. The minimum Gasteiger partial charge on any atom is -0.477 e. The van der Waals surface area contributed by atoms with Crippen LogP contribution < -0.4 is 0 Å². The highest BCUT2D eigenvalue weighted by Crippen LogP contribution is 2.51. The van der Waals surface area contributed by atoms with E-state index in [1.807, 2.05) is 0 Å². The second-order valence-corrected chi connectivity index (χ2v) is 6.75. The van der Waals surface area contributed by atoms with Crippen LogP contribution >= 0.6 is 0 Å². The third kappa shape index (κ3) is 2.91. The van der Waals surface area contributed by atoms with E-state index in [1.165, 1.54) is 13.8 Å². The second-order valence-electron chi connectivity index (χ2n) is 6.75. The highest BCUT2D eigenvalue weighted by molar-refractivity contribution is 5.87. The highest BCUT2D eigenvalue weighted by Gasteiger charge is 2.50. The first kappa shape index (κ1) is 15.9. The van der Waals surface area contributed by atoms with Crippen LogP contribution in [-0.4, -0.2) is 26.5 Å². The molecule has 4 nitrogen and oxygen atoms in total. The van der Waals surface area contributed by atoms with Gasteiger partial charge in [-0.3, -0.25) is 4.68 Å². The number of rotatable bonds is 4. The van der Waals surface area contributed by atoms with E-state index in [0.717, 1.165) is 4.68 Å². The standard InChI is InChI=1S/C14H19F3N2O2/c1-8-9(11(20)21)19(18-10(8)14(4,16)17)7-12(2)5-13(3,15)6-12/h5-7H2,1-4H3,(H,20,21). The number of hydrogen-bond donors (Lipinski definition) is 1. The van der Waals surface area contributed by atoms with E-state index in [0.29, 0.717) is 6.92 Å². The van der Waals surface area contributed by atoms with Crippen molar-refractivity contribution in [2.24, 2.45) is 5.41 Å². The molecule has 0 amide bonds. The zero-order valence-corrected chi connectivity index (χ0v) is 12.5. The van der Waals surface area contributed by atoms with E-state index in [-0.39, 0.29) is 30.6 Å². The smallest absolute Gasteiger partial charge is 0.354 e. The average molecular weight is 304 g/mol. The van der Waals surface area contributed by atoms with E-state index < -0.39 is 28.7 Å². The molecule has 1 fully saturated rings. The molecule has 0 spiro atoms. The number of nitrogens with zero attached hydrogens (tertiary/aromatic N) is 2. The minimum atomic E-state index is -3.21. The number of alkyl halides is 3. The Labute approximate surface area is 120 Å². The van der Waals surface area contributed by atoms with Crippen LogP contribution in [0.2, 0.25) is 0 Å². The van der Waals surface area contributed by atoms with Crippen molar-refractivity contribution in [2.45, 2.75) is 58.7 Å². The molecular formula is C14H19F3N2O2. The summed E-state index contributed by atoms with van der Waals surface area (Å²) in [5, 5.41) is 13.0. The van der Waals surface area contributed by atoms with Crippen LogP contribution in [0.3, 0.4) is 0 Å². The quantitative estimate of drug-likeness (QED) is 0.926. The second kappa shape index (κ2) is 4.48. The van der Waals surface area contributed by atoms with Gasteiger partial charge in [0.2, 0.25) is 0 Å². The molecule has 0 aliphatic heterocycles. The van der Waals surface area contributed by atoms with Gasteiger partial charge in [-0.1, -0.05) is 6.92 Å². The number of halogens is 3. The van der Waals surface area contributed by atoms with Gasteiger partial charge in [0.1, 0.15) is 17.1 Å². The highest BCUT2D eigenvalue weighted by atomic mass is 19.3. The van der Waals surface area contributed by atoms with Gasteiger partial charge in [0, 0.05) is 19.0 Å². The van der Waals surface area contributed by atoms with Crippen molar-refractivity contribution in [1.29, 1.82) is 0 Å². The van der Waals surface area contributed by atoms with Crippen molar-refractivity contribution >= 4 is 5.97 Å². The first-order valence-corrected chi connectivity index (χ1v) is 6.73. The van der Waals surface area contributed by atoms with E-state index in [2.05, 4.69) is 5.10 Å². The van der Waals surface area contributed by atoms with Gasteiger partial charge < -0.3 is 5.11 Å². The summed E-state index contributed by atoms with van der Waals surface area (Å²) >= 11 is 0.